The molecule has 0 spiro atoms. The van der Waals surface area contributed by atoms with Crippen molar-refractivity contribution in [2.45, 2.75) is 6.42 Å². The molecule has 3 heterocycles. The van der Waals surface area contributed by atoms with Gasteiger partial charge in [0.15, 0.2) is 0 Å². The molecule has 28 heavy (non-hydrogen) atoms. The maximum absolute atomic E-state index is 14.5. The van der Waals surface area contributed by atoms with E-state index in [9.17, 15) is 9.18 Å². The molecule has 1 N–H and O–H groups in total. The second-order valence-electron chi connectivity index (χ2n) is 7.89. The molecule has 3 aromatic rings. The Morgan fingerprint density at radius 2 is 1.86 bits per heavy atom. The number of aromatic amines is 1. The lowest BCUT2D eigenvalue weighted by Crippen LogP contribution is -2.33. The third kappa shape index (κ3) is 2.92. The van der Waals surface area contributed by atoms with E-state index >= 15 is 0 Å². The first-order valence-corrected chi connectivity index (χ1v) is 9.59. The number of hydrogen-bond acceptors (Lipinski definition) is 2. The van der Waals surface area contributed by atoms with Crippen molar-refractivity contribution in [3.63, 3.8) is 0 Å². The molecule has 0 unspecified atom stereocenters. The quantitative estimate of drug-likeness (QED) is 0.711. The van der Waals surface area contributed by atoms with Gasteiger partial charge in [-0.05, 0) is 60.0 Å². The fraction of sp³-hybridized carbons (Fsp3) is 0.261. The van der Waals surface area contributed by atoms with Gasteiger partial charge in [0.05, 0.1) is 5.56 Å². The van der Waals surface area contributed by atoms with Gasteiger partial charge in [-0.15, -0.1) is 0 Å². The fourth-order valence-electron chi connectivity index (χ4n) is 4.46. The first-order valence-electron chi connectivity index (χ1n) is 9.59. The summed E-state index contributed by atoms with van der Waals surface area (Å²) in [6.45, 7) is 3.04. The largest absolute Gasteiger partial charge is 0.361 e. The Balaban J connectivity index is 1.39. The van der Waals surface area contributed by atoms with E-state index in [1.165, 1.54) is 17.2 Å². The molecule has 1 aromatic heterocycles. The van der Waals surface area contributed by atoms with E-state index in [0.29, 0.717) is 19.5 Å². The highest BCUT2D eigenvalue weighted by Gasteiger charge is 2.32. The summed E-state index contributed by atoms with van der Waals surface area (Å²) in [5.41, 5.74) is 5.98. The zero-order chi connectivity index (χ0) is 19.3. The molecular formula is C23H22FN3O. The molecule has 0 atom stereocenters. The summed E-state index contributed by atoms with van der Waals surface area (Å²) in [6, 6.07) is 13.1. The smallest absolute Gasteiger partial charge is 0.257 e. The second kappa shape index (κ2) is 6.60. The third-order valence-electron chi connectivity index (χ3n) is 5.81. The van der Waals surface area contributed by atoms with Gasteiger partial charge < -0.3 is 9.88 Å². The number of nitrogens with one attached hydrogen (secondary N) is 1. The number of likely N-dealkylation sites (N-methyl/N-ethyl adjacent to an activating group) is 1. The van der Waals surface area contributed by atoms with Gasteiger partial charge in [-0.1, -0.05) is 18.2 Å². The standard InChI is InChI=1S/C23H22FN3O/c1-26-11-17-13-27(14-18(17)12-26)23(28)20-10-15(5-6-21(20)24)9-16-3-2-4-22-19(16)7-8-25-22/h2-8,10,25H,9,11-14H2,1H3. The van der Waals surface area contributed by atoms with Gasteiger partial charge in [-0.3, -0.25) is 9.69 Å². The number of carbonyl (C=O) groups is 1. The number of aromatic nitrogens is 1. The highest BCUT2D eigenvalue weighted by atomic mass is 19.1. The number of carbonyl (C=O) groups excluding carboxylic acids is 1. The van der Waals surface area contributed by atoms with Crippen LogP contribution in [0.2, 0.25) is 0 Å². The molecule has 142 valence electrons. The van der Waals surface area contributed by atoms with Crippen LogP contribution in [-0.4, -0.2) is 53.9 Å². The zero-order valence-electron chi connectivity index (χ0n) is 15.8. The Labute approximate surface area is 163 Å². The molecule has 0 radical (unpaired) electrons. The van der Waals surface area contributed by atoms with Crippen LogP contribution in [0.15, 0.2) is 59.8 Å². The van der Waals surface area contributed by atoms with Crippen molar-refractivity contribution in [1.82, 2.24) is 14.8 Å². The molecule has 0 aliphatic carbocycles. The number of rotatable bonds is 3. The van der Waals surface area contributed by atoms with Crippen molar-refractivity contribution in [1.29, 1.82) is 0 Å². The maximum Gasteiger partial charge on any atom is 0.257 e. The number of nitrogens with zero attached hydrogens (tertiary/aromatic N) is 2. The molecule has 2 aromatic carbocycles. The molecule has 1 amide bonds. The minimum Gasteiger partial charge on any atom is -0.361 e. The van der Waals surface area contributed by atoms with Crippen LogP contribution in [-0.2, 0) is 6.42 Å². The Hall–Kier alpha value is -2.92. The van der Waals surface area contributed by atoms with Crippen molar-refractivity contribution in [3.05, 3.63) is 82.3 Å². The second-order valence-corrected chi connectivity index (χ2v) is 7.89. The van der Waals surface area contributed by atoms with Crippen LogP contribution in [0.1, 0.15) is 21.5 Å². The van der Waals surface area contributed by atoms with Gasteiger partial charge in [-0.25, -0.2) is 4.39 Å². The van der Waals surface area contributed by atoms with E-state index < -0.39 is 5.82 Å². The predicted molar refractivity (Wildman–Crippen MR) is 108 cm³/mol. The molecule has 5 heteroatoms. The number of hydrogen-bond donors (Lipinski definition) is 1. The van der Waals surface area contributed by atoms with Crippen LogP contribution in [0.4, 0.5) is 4.39 Å². The van der Waals surface area contributed by atoms with Crippen molar-refractivity contribution in [2.24, 2.45) is 0 Å². The third-order valence-corrected chi connectivity index (χ3v) is 5.81. The molecule has 2 aliphatic heterocycles. The monoisotopic (exact) mass is 375 g/mol. The summed E-state index contributed by atoms with van der Waals surface area (Å²) in [7, 11) is 2.08. The van der Waals surface area contributed by atoms with Gasteiger partial charge in [0.25, 0.3) is 5.91 Å². The van der Waals surface area contributed by atoms with Crippen molar-refractivity contribution in [3.8, 4) is 0 Å². The number of fused-ring (bicyclic) bond motifs is 1. The number of H-pyrrole nitrogens is 1. The Kier molecular flexibility index (Phi) is 4.05. The normalized spacial score (nSPS) is 17.0. The van der Waals surface area contributed by atoms with E-state index in [-0.39, 0.29) is 11.5 Å². The first kappa shape index (κ1) is 17.2. The SMILES string of the molecule is CN1CC2=C(C1)CN(C(=O)c1cc(Cc3cccc4[nH]ccc34)ccc1F)C2. The Morgan fingerprint density at radius 1 is 1.07 bits per heavy atom. The summed E-state index contributed by atoms with van der Waals surface area (Å²) in [4.78, 5) is 20.2. The van der Waals surface area contributed by atoms with E-state index in [1.54, 1.807) is 17.0 Å². The van der Waals surface area contributed by atoms with Crippen LogP contribution >= 0.6 is 0 Å². The molecule has 5 rings (SSSR count). The van der Waals surface area contributed by atoms with Crippen molar-refractivity contribution < 1.29 is 9.18 Å². The Morgan fingerprint density at radius 3 is 2.64 bits per heavy atom. The van der Waals surface area contributed by atoms with Crippen molar-refractivity contribution >= 4 is 16.8 Å². The lowest BCUT2D eigenvalue weighted by molar-refractivity contribution is 0.0786. The average molecular weight is 375 g/mol. The van der Waals surface area contributed by atoms with E-state index in [0.717, 1.165) is 35.1 Å². The minimum absolute atomic E-state index is 0.174. The molecule has 0 fully saturated rings. The van der Waals surface area contributed by atoms with Crippen LogP contribution < -0.4 is 0 Å². The van der Waals surface area contributed by atoms with Crippen LogP contribution in [0.5, 0.6) is 0 Å². The Bertz CT molecular complexity index is 1100. The average Bonchev–Trinajstić information content (AvgIpc) is 3.37. The summed E-state index contributed by atoms with van der Waals surface area (Å²) in [5, 5.41) is 1.16. The summed E-state index contributed by atoms with van der Waals surface area (Å²) in [5.74, 6) is -0.658. The lowest BCUT2D eigenvalue weighted by Gasteiger charge is -2.21. The van der Waals surface area contributed by atoms with Crippen LogP contribution in [0.25, 0.3) is 10.9 Å². The predicted octanol–water partition coefficient (Wildman–Crippen LogP) is 3.60. The molecular weight excluding hydrogens is 353 g/mol. The van der Waals surface area contributed by atoms with Crippen molar-refractivity contribution in [2.75, 3.05) is 33.2 Å². The van der Waals surface area contributed by atoms with Crippen LogP contribution in [0.3, 0.4) is 0 Å². The molecule has 0 saturated carbocycles. The van der Waals surface area contributed by atoms with Gasteiger partial charge in [-0.2, -0.15) is 0 Å². The lowest BCUT2D eigenvalue weighted by atomic mass is 9.99. The van der Waals surface area contributed by atoms with Gasteiger partial charge in [0.1, 0.15) is 5.82 Å². The first-order chi connectivity index (χ1) is 13.6. The zero-order valence-corrected chi connectivity index (χ0v) is 15.8. The van der Waals surface area contributed by atoms with Crippen LogP contribution in [0, 0.1) is 5.82 Å². The number of halogens is 1. The van der Waals surface area contributed by atoms with E-state index in [2.05, 4.69) is 29.1 Å². The summed E-state index contributed by atoms with van der Waals surface area (Å²) < 4.78 is 14.5. The van der Waals surface area contributed by atoms with Gasteiger partial charge >= 0.3 is 0 Å². The van der Waals surface area contributed by atoms with E-state index in [4.69, 9.17) is 0 Å². The highest BCUT2D eigenvalue weighted by Crippen LogP contribution is 2.27. The number of amides is 1. The summed E-state index contributed by atoms with van der Waals surface area (Å²) >= 11 is 0. The van der Waals surface area contributed by atoms with Gasteiger partial charge in [0, 0.05) is 43.3 Å². The number of benzene rings is 2. The molecule has 2 aliphatic rings. The molecule has 0 bridgehead atoms. The molecule has 0 saturated heterocycles. The fourth-order valence-corrected chi connectivity index (χ4v) is 4.46. The van der Waals surface area contributed by atoms with E-state index in [1.807, 2.05) is 18.3 Å². The summed E-state index contributed by atoms with van der Waals surface area (Å²) in [6.07, 6.45) is 2.58. The highest BCUT2D eigenvalue weighted by molar-refractivity contribution is 5.95. The maximum atomic E-state index is 14.5. The molecule has 4 nitrogen and oxygen atoms in total. The minimum atomic E-state index is -0.446. The topological polar surface area (TPSA) is 39.3 Å². The van der Waals surface area contributed by atoms with Gasteiger partial charge in [0.2, 0.25) is 0 Å².